The lowest BCUT2D eigenvalue weighted by Crippen LogP contribution is -2.35. The lowest BCUT2D eigenvalue weighted by molar-refractivity contribution is 0.0240. The van der Waals surface area contributed by atoms with E-state index in [1.54, 1.807) is 66.9 Å². The Hall–Kier alpha value is -7.30. The molecule has 1 amide bonds. The number of esters is 1. The highest BCUT2D eigenvalue weighted by Gasteiger charge is 2.52. The topological polar surface area (TPSA) is 200 Å². The minimum absolute atomic E-state index is 0.0737. The first kappa shape index (κ1) is 37.9. The van der Waals surface area contributed by atoms with Crippen LogP contribution < -0.4 is 16.0 Å². The molecule has 1 aliphatic heterocycles. The van der Waals surface area contributed by atoms with Gasteiger partial charge in [-0.2, -0.15) is 0 Å². The second-order valence-corrected chi connectivity index (χ2v) is 16.0. The highest BCUT2D eigenvalue weighted by atomic mass is 32.1. The van der Waals surface area contributed by atoms with Crippen molar-refractivity contribution in [2.75, 3.05) is 18.4 Å². The van der Waals surface area contributed by atoms with Crippen molar-refractivity contribution in [3.8, 4) is 11.5 Å². The van der Waals surface area contributed by atoms with Crippen molar-refractivity contribution < 1.29 is 28.9 Å². The molecule has 4 aromatic heterocycles. The maximum absolute atomic E-state index is 14.0. The fourth-order valence-electron chi connectivity index (χ4n) is 8.19. The molecule has 14 nitrogen and oxygen atoms in total. The Morgan fingerprint density at radius 2 is 1.67 bits per heavy atom. The number of phenolic OH excluding ortho intramolecular Hbond substituents is 2. The number of hydrogen-bond donors (Lipinski definition) is 6. The normalized spacial score (nSPS) is 13.6. The summed E-state index contributed by atoms with van der Waals surface area (Å²) in [6.45, 7) is 1.82. The van der Waals surface area contributed by atoms with Gasteiger partial charge in [-0.05, 0) is 89.8 Å². The van der Waals surface area contributed by atoms with Crippen LogP contribution in [0.4, 0.5) is 10.2 Å². The van der Waals surface area contributed by atoms with Crippen LogP contribution in [0.5, 0.6) is 11.5 Å². The van der Waals surface area contributed by atoms with E-state index < -0.39 is 11.6 Å². The summed E-state index contributed by atoms with van der Waals surface area (Å²) >= 11 is 1.50. The Bertz CT molecular complexity index is 2990. The number of nitrogens with one attached hydrogen (secondary N) is 4. The summed E-state index contributed by atoms with van der Waals surface area (Å²) in [6.07, 6.45) is 4.81. The van der Waals surface area contributed by atoms with Crippen LogP contribution in [0.2, 0.25) is 0 Å². The van der Waals surface area contributed by atoms with Crippen molar-refractivity contribution in [3.05, 3.63) is 164 Å². The minimum atomic E-state index is -1.36. The van der Waals surface area contributed by atoms with Gasteiger partial charge in [-0.1, -0.05) is 29.5 Å². The maximum atomic E-state index is 14.0. The molecule has 5 heterocycles. The molecule has 0 fully saturated rings. The van der Waals surface area contributed by atoms with Gasteiger partial charge in [-0.3, -0.25) is 9.78 Å². The van der Waals surface area contributed by atoms with Gasteiger partial charge in [-0.25, -0.2) is 29.1 Å². The SMILES string of the molecule is O=C(NCc1ccc2[nH]c(CCNCCc3nc4c(NCc5ncccc5F)ncnc4s3)nc2c1)c1ccc2c(c1)C1(OC2=O)c2ccc(O)cc2Cc2cc(O)ccc21. The van der Waals surface area contributed by atoms with E-state index >= 15 is 0 Å². The maximum Gasteiger partial charge on any atom is 0.340 e. The summed E-state index contributed by atoms with van der Waals surface area (Å²) in [7, 11) is 0. The zero-order chi connectivity index (χ0) is 41.7. The molecule has 0 saturated heterocycles. The number of thiazole rings is 1. The van der Waals surface area contributed by atoms with Crippen molar-refractivity contribution in [1.82, 2.24) is 40.5 Å². The van der Waals surface area contributed by atoms with E-state index in [1.807, 2.05) is 18.2 Å². The summed E-state index contributed by atoms with van der Waals surface area (Å²) in [5.41, 5.74) is 6.23. The standard InChI is InChI=1S/C45H36FN9O5S/c46-34-2-1-13-48-37(34)22-49-41-40-43(52-23-51-41)61-39(55-40)12-15-47-14-11-38-53-35-10-3-24(16-36(35)54-38)21-50-42(58)25-4-7-30-33(20-25)45(60-44(30)59)31-8-5-28(56)18-26(31)17-27-19-29(57)6-9-32(27)45/h1-10,13,16,18-20,23,47,56-57H,11-12,14-15,17,21-22H2,(H,50,58)(H,53,54)(H,49,51,52). The summed E-state index contributed by atoms with van der Waals surface area (Å²) in [5.74, 6) is 0.282. The van der Waals surface area contributed by atoms with E-state index in [0.717, 1.165) is 43.4 Å². The zero-order valence-electron chi connectivity index (χ0n) is 32.3. The molecule has 0 radical (unpaired) electrons. The number of anilines is 1. The first-order chi connectivity index (χ1) is 29.7. The predicted octanol–water partition coefficient (Wildman–Crippen LogP) is 6.19. The quantitative estimate of drug-likeness (QED) is 0.0604. The molecule has 10 rings (SSSR count). The molecule has 1 spiro atoms. The Morgan fingerprint density at radius 1 is 0.869 bits per heavy atom. The first-order valence-electron chi connectivity index (χ1n) is 19.6. The summed E-state index contributed by atoms with van der Waals surface area (Å²) in [4.78, 5) is 53.5. The molecule has 61 heavy (non-hydrogen) atoms. The van der Waals surface area contributed by atoms with Crippen LogP contribution in [0.1, 0.15) is 70.6 Å². The highest BCUT2D eigenvalue weighted by Crippen LogP contribution is 2.53. The summed E-state index contributed by atoms with van der Waals surface area (Å²) < 4.78 is 20.3. The number of carbonyl (C=O) groups excluding carboxylic acids is 2. The van der Waals surface area contributed by atoms with E-state index in [2.05, 4.69) is 35.9 Å². The third kappa shape index (κ3) is 7.04. The van der Waals surface area contributed by atoms with E-state index in [1.165, 1.54) is 23.7 Å². The number of ether oxygens (including phenoxy) is 1. The van der Waals surface area contributed by atoms with Gasteiger partial charge in [0.05, 0.1) is 33.8 Å². The third-order valence-corrected chi connectivity index (χ3v) is 12.1. The van der Waals surface area contributed by atoms with Gasteiger partial charge < -0.3 is 35.9 Å². The fourth-order valence-corrected chi connectivity index (χ4v) is 9.09. The average Bonchev–Trinajstić information content (AvgIpc) is 3.95. The van der Waals surface area contributed by atoms with Gasteiger partial charge in [0.25, 0.3) is 5.91 Å². The van der Waals surface area contributed by atoms with Gasteiger partial charge in [-0.15, -0.1) is 0 Å². The third-order valence-electron chi connectivity index (χ3n) is 11.0. The van der Waals surface area contributed by atoms with Crippen LogP contribution in [0, 0.1) is 5.82 Å². The zero-order valence-corrected chi connectivity index (χ0v) is 33.1. The van der Waals surface area contributed by atoms with Gasteiger partial charge in [0.2, 0.25) is 0 Å². The van der Waals surface area contributed by atoms with Crippen LogP contribution in [0.15, 0.2) is 97.5 Å². The molecule has 0 bridgehead atoms. The molecular formula is C45H36FN9O5S. The van der Waals surface area contributed by atoms with Gasteiger partial charge in [0.1, 0.15) is 39.8 Å². The van der Waals surface area contributed by atoms with Gasteiger partial charge in [0.15, 0.2) is 11.4 Å². The number of benzene rings is 4. The largest absolute Gasteiger partial charge is 0.508 e. The number of fused-ring (bicyclic) bond motifs is 8. The number of carbonyl (C=O) groups is 2. The number of rotatable bonds is 12. The van der Waals surface area contributed by atoms with Crippen molar-refractivity contribution in [2.24, 2.45) is 0 Å². The number of amides is 1. The average molecular weight is 834 g/mol. The lowest BCUT2D eigenvalue weighted by atomic mass is 9.71. The van der Waals surface area contributed by atoms with E-state index in [0.29, 0.717) is 77.2 Å². The molecule has 0 atom stereocenters. The monoisotopic (exact) mass is 833 g/mol. The number of H-pyrrole nitrogens is 1. The van der Waals surface area contributed by atoms with Gasteiger partial charge >= 0.3 is 5.97 Å². The Kier molecular flexibility index (Phi) is 9.57. The van der Waals surface area contributed by atoms with Crippen molar-refractivity contribution >= 4 is 50.4 Å². The molecule has 6 N–H and O–H groups in total. The summed E-state index contributed by atoms with van der Waals surface area (Å²) in [6, 6.07) is 23.6. The molecule has 304 valence electrons. The van der Waals surface area contributed by atoms with Crippen LogP contribution in [-0.2, 0) is 42.7 Å². The molecule has 16 heteroatoms. The number of imidazole rings is 1. The van der Waals surface area contributed by atoms with Gasteiger partial charge in [0, 0.05) is 60.9 Å². The smallest absolute Gasteiger partial charge is 0.340 e. The highest BCUT2D eigenvalue weighted by molar-refractivity contribution is 7.18. The van der Waals surface area contributed by atoms with Crippen LogP contribution in [0.3, 0.4) is 0 Å². The minimum Gasteiger partial charge on any atom is -0.508 e. The van der Waals surface area contributed by atoms with E-state index in [9.17, 15) is 24.2 Å². The molecule has 1 aliphatic carbocycles. The Balaban J connectivity index is 0.767. The molecule has 2 aliphatic rings. The Morgan fingerprint density at radius 3 is 2.48 bits per heavy atom. The van der Waals surface area contributed by atoms with Crippen LogP contribution in [-0.4, -0.2) is 65.1 Å². The number of phenols is 2. The molecule has 8 aromatic rings. The Labute approximate surface area is 351 Å². The number of aromatic amines is 1. The van der Waals surface area contributed by atoms with E-state index in [-0.39, 0.29) is 36.3 Å². The fraction of sp³-hybridized carbons (Fsp3) is 0.178. The number of halogens is 1. The van der Waals surface area contributed by atoms with Crippen molar-refractivity contribution in [2.45, 2.75) is 38.0 Å². The lowest BCUT2D eigenvalue weighted by Gasteiger charge is -2.37. The van der Waals surface area contributed by atoms with E-state index in [4.69, 9.17) is 14.7 Å². The number of hydrogen-bond acceptors (Lipinski definition) is 13. The molecule has 0 unspecified atom stereocenters. The number of aromatic hydroxyl groups is 2. The molecular weight excluding hydrogens is 798 g/mol. The second-order valence-electron chi connectivity index (χ2n) is 14.9. The predicted molar refractivity (Wildman–Crippen MR) is 225 cm³/mol. The number of nitrogens with zero attached hydrogens (tertiary/aromatic N) is 5. The van der Waals surface area contributed by atoms with Crippen LogP contribution in [0.25, 0.3) is 21.4 Å². The summed E-state index contributed by atoms with van der Waals surface area (Å²) in [5, 5.41) is 31.1. The van der Waals surface area contributed by atoms with Crippen molar-refractivity contribution in [1.29, 1.82) is 0 Å². The second kappa shape index (κ2) is 15.4. The first-order valence-corrected chi connectivity index (χ1v) is 20.5. The van der Waals surface area contributed by atoms with Crippen LogP contribution >= 0.6 is 11.3 Å². The van der Waals surface area contributed by atoms with Crippen molar-refractivity contribution in [3.63, 3.8) is 0 Å². The number of aromatic nitrogens is 6. The molecule has 4 aromatic carbocycles. The number of pyridine rings is 1. The molecule has 0 saturated carbocycles.